The van der Waals surface area contributed by atoms with Crippen LogP contribution in [0.1, 0.15) is 15.9 Å². The number of hydrogen-bond donors (Lipinski definition) is 2. The zero-order valence-electron chi connectivity index (χ0n) is 12.3. The SMILES string of the molecule is COc1cc(O)c(C(=O)c2ccccc2O)cc1S(=O)(=O)[O-].[Na+]. The Hall–Kier alpha value is -1.58. The molecular formula is C14H11NaO7S. The normalized spacial score (nSPS) is 10.7. The Morgan fingerprint density at radius 3 is 2.22 bits per heavy atom. The molecule has 23 heavy (non-hydrogen) atoms. The van der Waals surface area contributed by atoms with Crippen LogP contribution < -0.4 is 34.3 Å². The van der Waals surface area contributed by atoms with Gasteiger partial charge < -0.3 is 19.5 Å². The van der Waals surface area contributed by atoms with E-state index in [1.165, 1.54) is 24.3 Å². The number of hydrogen-bond acceptors (Lipinski definition) is 7. The molecule has 0 heterocycles. The largest absolute Gasteiger partial charge is 1.00 e. The molecule has 9 heteroatoms. The first-order valence-corrected chi connectivity index (χ1v) is 7.36. The van der Waals surface area contributed by atoms with Gasteiger partial charge in [-0.25, -0.2) is 8.42 Å². The Bertz CT molecular complexity index is 846. The molecule has 0 aromatic heterocycles. The molecule has 0 saturated heterocycles. The summed E-state index contributed by atoms with van der Waals surface area (Å²) in [5, 5.41) is 19.5. The Labute approximate surface area is 154 Å². The van der Waals surface area contributed by atoms with Crippen LogP contribution in [0.2, 0.25) is 0 Å². The van der Waals surface area contributed by atoms with Crippen molar-refractivity contribution < 1.29 is 62.3 Å². The van der Waals surface area contributed by atoms with E-state index in [4.69, 9.17) is 4.74 Å². The molecule has 0 bridgehead atoms. The van der Waals surface area contributed by atoms with E-state index in [1.54, 1.807) is 0 Å². The van der Waals surface area contributed by atoms with Crippen molar-refractivity contribution in [2.75, 3.05) is 7.11 Å². The third-order valence-corrected chi connectivity index (χ3v) is 3.80. The van der Waals surface area contributed by atoms with Gasteiger partial charge in [-0.2, -0.15) is 0 Å². The maximum absolute atomic E-state index is 12.3. The molecule has 116 valence electrons. The third kappa shape index (κ3) is 4.04. The molecule has 0 unspecified atom stereocenters. The van der Waals surface area contributed by atoms with Crippen molar-refractivity contribution in [3.05, 3.63) is 47.5 Å². The minimum absolute atomic E-state index is 0. The van der Waals surface area contributed by atoms with Crippen molar-refractivity contribution in [2.24, 2.45) is 0 Å². The van der Waals surface area contributed by atoms with Crippen molar-refractivity contribution in [3.8, 4) is 17.2 Å². The van der Waals surface area contributed by atoms with E-state index >= 15 is 0 Å². The van der Waals surface area contributed by atoms with Gasteiger partial charge in [0.05, 0.1) is 23.1 Å². The zero-order valence-corrected chi connectivity index (χ0v) is 15.1. The molecule has 2 aromatic rings. The summed E-state index contributed by atoms with van der Waals surface area (Å²) in [6.45, 7) is 0. The second kappa shape index (κ2) is 7.33. The van der Waals surface area contributed by atoms with Crippen LogP contribution in [-0.4, -0.2) is 36.1 Å². The van der Waals surface area contributed by atoms with Crippen molar-refractivity contribution >= 4 is 15.9 Å². The summed E-state index contributed by atoms with van der Waals surface area (Å²) in [5.41, 5.74) is -0.575. The molecular weight excluding hydrogens is 335 g/mol. The van der Waals surface area contributed by atoms with Crippen LogP contribution in [-0.2, 0) is 10.1 Å². The predicted octanol–water partition coefficient (Wildman–Crippen LogP) is -1.75. The third-order valence-electron chi connectivity index (χ3n) is 2.94. The first-order valence-electron chi connectivity index (χ1n) is 5.95. The first-order chi connectivity index (χ1) is 10.3. The average Bonchev–Trinajstić information content (AvgIpc) is 2.45. The second-order valence-corrected chi connectivity index (χ2v) is 5.67. The van der Waals surface area contributed by atoms with Crippen molar-refractivity contribution in [1.29, 1.82) is 0 Å². The van der Waals surface area contributed by atoms with Crippen LogP contribution in [0.15, 0.2) is 41.3 Å². The van der Waals surface area contributed by atoms with E-state index < -0.39 is 32.1 Å². The topological polar surface area (TPSA) is 124 Å². The number of para-hydroxylation sites is 1. The van der Waals surface area contributed by atoms with E-state index in [2.05, 4.69) is 0 Å². The monoisotopic (exact) mass is 346 g/mol. The van der Waals surface area contributed by atoms with Crippen LogP contribution in [0, 0.1) is 0 Å². The summed E-state index contributed by atoms with van der Waals surface area (Å²) in [7, 11) is -3.79. The molecule has 0 aliphatic carbocycles. The van der Waals surface area contributed by atoms with Gasteiger partial charge >= 0.3 is 29.6 Å². The van der Waals surface area contributed by atoms with Crippen LogP contribution >= 0.6 is 0 Å². The number of benzene rings is 2. The van der Waals surface area contributed by atoms with E-state index in [-0.39, 0.29) is 46.6 Å². The molecule has 0 spiro atoms. The fraction of sp³-hybridized carbons (Fsp3) is 0.0714. The predicted molar refractivity (Wildman–Crippen MR) is 74.2 cm³/mol. The fourth-order valence-electron chi connectivity index (χ4n) is 1.90. The maximum atomic E-state index is 12.3. The maximum Gasteiger partial charge on any atom is 1.00 e. The van der Waals surface area contributed by atoms with Gasteiger partial charge in [0.2, 0.25) is 5.78 Å². The van der Waals surface area contributed by atoms with Crippen molar-refractivity contribution in [3.63, 3.8) is 0 Å². The fourth-order valence-corrected chi connectivity index (χ4v) is 2.55. The van der Waals surface area contributed by atoms with Crippen LogP contribution in [0.3, 0.4) is 0 Å². The van der Waals surface area contributed by atoms with Crippen LogP contribution in [0.25, 0.3) is 0 Å². The molecule has 0 radical (unpaired) electrons. The Balaban J connectivity index is 0.00000264. The van der Waals surface area contributed by atoms with E-state index in [1.807, 2.05) is 0 Å². The van der Waals surface area contributed by atoms with Crippen LogP contribution in [0.5, 0.6) is 17.2 Å². The van der Waals surface area contributed by atoms with Crippen molar-refractivity contribution in [1.82, 2.24) is 0 Å². The number of rotatable bonds is 4. The number of ketones is 1. The minimum atomic E-state index is -4.91. The van der Waals surface area contributed by atoms with Gasteiger partial charge in [0.1, 0.15) is 27.4 Å². The van der Waals surface area contributed by atoms with Gasteiger partial charge in [-0.15, -0.1) is 0 Å². The van der Waals surface area contributed by atoms with E-state index in [9.17, 15) is 28.0 Å². The van der Waals surface area contributed by atoms with Gasteiger partial charge in [-0.05, 0) is 18.2 Å². The Kier molecular flexibility index (Phi) is 6.20. The van der Waals surface area contributed by atoms with Gasteiger partial charge in [0.15, 0.2) is 0 Å². The molecule has 0 fully saturated rings. The molecule has 0 atom stereocenters. The summed E-state index contributed by atoms with van der Waals surface area (Å²) < 4.78 is 38.4. The van der Waals surface area contributed by atoms with Gasteiger partial charge in [0.25, 0.3) is 0 Å². The van der Waals surface area contributed by atoms with E-state index in [0.717, 1.165) is 19.2 Å². The Morgan fingerprint density at radius 2 is 1.70 bits per heavy atom. The molecule has 0 amide bonds. The first kappa shape index (κ1) is 19.5. The second-order valence-electron chi connectivity index (χ2n) is 4.32. The number of phenolic OH excluding ortho intramolecular Hbond substituents is 2. The number of carbonyl (C=O) groups is 1. The molecule has 7 nitrogen and oxygen atoms in total. The van der Waals surface area contributed by atoms with Gasteiger partial charge in [-0.3, -0.25) is 4.79 Å². The number of aromatic hydroxyl groups is 2. The Morgan fingerprint density at radius 1 is 1.09 bits per heavy atom. The number of methoxy groups -OCH3 is 1. The summed E-state index contributed by atoms with van der Waals surface area (Å²) in [5.74, 6) is -2.11. The molecule has 0 aliphatic heterocycles. The average molecular weight is 346 g/mol. The molecule has 0 aliphatic rings. The number of carbonyl (C=O) groups excluding carboxylic acids is 1. The molecule has 0 saturated carbocycles. The number of phenols is 2. The van der Waals surface area contributed by atoms with Crippen molar-refractivity contribution in [2.45, 2.75) is 4.90 Å². The summed E-state index contributed by atoms with van der Waals surface area (Å²) in [4.78, 5) is 11.5. The number of ether oxygens (including phenoxy) is 1. The van der Waals surface area contributed by atoms with E-state index in [0.29, 0.717) is 0 Å². The smallest absolute Gasteiger partial charge is 0.744 e. The molecule has 2 aromatic carbocycles. The van der Waals surface area contributed by atoms with Gasteiger partial charge in [0, 0.05) is 6.07 Å². The standard InChI is InChI=1S/C14H12O7S.Na/c1-21-12-7-11(16)9(6-13(12)22(18,19)20)14(17)8-4-2-3-5-10(8)15;/h2-7,15-16H,1H3,(H,18,19,20);/q;+1/p-1. The molecule has 2 rings (SSSR count). The van der Waals surface area contributed by atoms with Gasteiger partial charge in [-0.1, -0.05) is 12.1 Å². The minimum Gasteiger partial charge on any atom is -0.744 e. The summed E-state index contributed by atoms with van der Waals surface area (Å²) in [6.07, 6.45) is 0. The van der Waals surface area contributed by atoms with Crippen LogP contribution in [0.4, 0.5) is 0 Å². The zero-order chi connectivity index (χ0) is 16.5. The summed E-state index contributed by atoms with van der Waals surface area (Å²) in [6, 6.07) is 7.13. The summed E-state index contributed by atoms with van der Waals surface area (Å²) >= 11 is 0. The quantitative estimate of drug-likeness (QED) is 0.382. The molecule has 2 N–H and O–H groups in total.